The summed E-state index contributed by atoms with van der Waals surface area (Å²) >= 11 is 12.1. The molecule has 0 aliphatic heterocycles. The molecule has 0 saturated heterocycles. The summed E-state index contributed by atoms with van der Waals surface area (Å²) in [5, 5.41) is 4.25. The molecule has 0 amide bonds. The maximum absolute atomic E-state index is 12.4. The van der Waals surface area contributed by atoms with Crippen LogP contribution in [0.15, 0.2) is 18.2 Å². The molecule has 5 nitrogen and oxygen atoms in total. The van der Waals surface area contributed by atoms with E-state index in [1.165, 1.54) is 26.1 Å². The average Bonchev–Trinajstić information content (AvgIpc) is 2.77. The molecule has 0 bridgehead atoms. The Hall–Kier alpha value is -1.38. The van der Waals surface area contributed by atoms with Crippen molar-refractivity contribution in [2.24, 2.45) is 7.05 Å². The molecule has 0 fully saturated rings. The fraction of sp³-hybridized carbons (Fsp3) is 0.357. The van der Waals surface area contributed by atoms with Crippen molar-refractivity contribution in [2.45, 2.75) is 19.3 Å². The van der Waals surface area contributed by atoms with Gasteiger partial charge in [0.15, 0.2) is 9.84 Å². The van der Waals surface area contributed by atoms with Gasteiger partial charge in [0, 0.05) is 23.4 Å². The predicted molar refractivity (Wildman–Crippen MR) is 88.5 cm³/mol. The third-order valence-electron chi connectivity index (χ3n) is 3.27. The second-order valence-electron chi connectivity index (χ2n) is 4.95. The minimum Gasteiger partial charge on any atom is -0.416 e. The number of sulfone groups is 1. The van der Waals surface area contributed by atoms with Crippen LogP contribution in [-0.2, 0) is 22.6 Å². The lowest BCUT2D eigenvalue weighted by Gasteiger charge is -2.07. The van der Waals surface area contributed by atoms with Gasteiger partial charge in [-0.3, -0.25) is 0 Å². The molecule has 1 aromatic heterocycles. The molecular formula is C14H14Cl2F2N2O3S. The minimum atomic E-state index is -3.29. The number of hydrogen-bond donors (Lipinski definition) is 0. The zero-order valence-corrected chi connectivity index (χ0v) is 15.1. The highest BCUT2D eigenvalue weighted by Crippen LogP contribution is 2.36. The third kappa shape index (κ3) is 4.17. The van der Waals surface area contributed by atoms with Crippen LogP contribution in [0, 0.1) is 0 Å². The molecule has 0 unspecified atom stereocenters. The number of rotatable bonds is 6. The zero-order valence-electron chi connectivity index (χ0n) is 12.8. The van der Waals surface area contributed by atoms with Gasteiger partial charge in [-0.15, -0.1) is 0 Å². The fourth-order valence-electron chi connectivity index (χ4n) is 2.05. The molecule has 1 heterocycles. The molecule has 0 aliphatic rings. The molecule has 0 radical (unpaired) electrons. The van der Waals surface area contributed by atoms with Crippen LogP contribution < -0.4 is 4.74 Å². The van der Waals surface area contributed by atoms with E-state index in [2.05, 4.69) is 9.84 Å². The summed E-state index contributed by atoms with van der Waals surface area (Å²) in [5.41, 5.74) is 1.03. The summed E-state index contributed by atoms with van der Waals surface area (Å²) in [5.74, 6) is -0.537. The predicted octanol–water partition coefficient (Wildman–Crippen LogP) is 3.93. The second-order valence-corrected chi connectivity index (χ2v) is 8.09. The van der Waals surface area contributed by atoms with Crippen LogP contribution in [0.1, 0.15) is 12.5 Å². The van der Waals surface area contributed by atoms with E-state index in [9.17, 15) is 17.2 Å². The number of hydrogen-bond acceptors (Lipinski definition) is 4. The smallest absolute Gasteiger partial charge is 0.388 e. The number of alkyl halides is 2. The largest absolute Gasteiger partial charge is 0.416 e. The summed E-state index contributed by atoms with van der Waals surface area (Å²) in [6.45, 7) is -1.50. The number of aryl methyl sites for hydroxylation is 1. The highest BCUT2D eigenvalue weighted by Gasteiger charge is 2.21. The van der Waals surface area contributed by atoms with Crippen LogP contribution in [0.3, 0.4) is 0 Å². The Bertz CT molecular complexity index is 854. The highest BCUT2D eigenvalue weighted by atomic mass is 35.5. The number of halogens is 4. The Balaban J connectivity index is 2.47. The molecule has 132 valence electrons. The Morgan fingerprint density at radius 1 is 1.33 bits per heavy atom. The van der Waals surface area contributed by atoms with Crippen molar-refractivity contribution in [3.63, 3.8) is 0 Å². The Kier molecular flexibility index (Phi) is 5.72. The topological polar surface area (TPSA) is 61.2 Å². The van der Waals surface area contributed by atoms with Gasteiger partial charge >= 0.3 is 6.61 Å². The second kappa shape index (κ2) is 7.25. The fourth-order valence-corrected chi connectivity index (χ4v) is 3.55. The normalized spacial score (nSPS) is 12.0. The first-order valence-electron chi connectivity index (χ1n) is 6.81. The number of aromatic nitrogens is 2. The van der Waals surface area contributed by atoms with Crippen molar-refractivity contribution in [3.05, 3.63) is 33.8 Å². The van der Waals surface area contributed by atoms with Crippen molar-refractivity contribution >= 4 is 33.0 Å². The van der Waals surface area contributed by atoms with E-state index in [1.807, 2.05) is 0 Å². The van der Waals surface area contributed by atoms with E-state index in [1.54, 1.807) is 6.07 Å². The first-order valence-corrected chi connectivity index (χ1v) is 9.39. The first kappa shape index (κ1) is 19.0. The first-order chi connectivity index (χ1) is 11.1. The standard InChI is InChI=1S/C14H14Cl2F2N2O3S/c1-3-24(21,22)7-9-6-8(4-5-10(9)15)12-11(16)13(20(2)19-12)23-14(17)18/h4-6,14H,3,7H2,1-2H3. The molecule has 1 aromatic carbocycles. The van der Waals surface area contributed by atoms with Crippen molar-refractivity contribution < 1.29 is 21.9 Å². The lowest BCUT2D eigenvalue weighted by Crippen LogP contribution is -2.07. The van der Waals surface area contributed by atoms with Gasteiger partial charge in [-0.2, -0.15) is 13.9 Å². The zero-order chi connectivity index (χ0) is 18.1. The number of ether oxygens (including phenoxy) is 1. The summed E-state index contributed by atoms with van der Waals surface area (Å²) in [6, 6.07) is 4.61. The van der Waals surface area contributed by atoms with Crippen LogP contribution in [-0.4, -0.2) is 30.6 Å². The van der Waals surface area contributed by atoms with E-state index in [-0.39, 0.29) is 33.1 Å². The van der Waals surface area contributed by atoms with E-state index in [0.29, 0.717) is 11.1 Å². The van der Waals surface area contributed by atoms with Gasteiger partial charge in [0.25, 0.3) is 0 Å². The number of nitrogens with zero attached hydrogens (tertiary/aromatic N) is 2. The number of benzene rings is 1. The molecule has 2 aromatic rings. The SMILES string of the molecule is CCS(=O)(=O)Cc1cc(-c2nn(C)c(OC(F)F)c2Cl)ccc1Cl. The highest BCUT2D eigenvalue weighted by molar-refractivity contribution is 7.90. The lowest BCUT2D eigenvalue weighted by molar-refractivity contribution is -0.0552. The third-order valence-corrected chi connectivity index (χ3v) is 5.61. The Morgan fingerprint density at radius 2 is 2.00 bits per heavy atom. The van der Waals surface area contributed by atoms with E-state index >= 15 is 0 Å². The van der Waals surface area contributed by atoms with Gasteiger partial charge in [-0.05, 0) is 17.7 Å². The summed E-state index contributed by atoms with van der Waals surface area (Å²) < 4.78 is 53.9. The van der Waals surface area contributed by atoms with Gasteiger partial charge in [0.1, 0.15) is 10.7 Å². The van der Waals surface area contributed by atoms with E-state index in [4.69, 9.17) is 23.2 Å². The molecule has 0 spiro atoms. The molecule has 10 heteroatoms. The quantitative estimate of drug-likeness (QED) is 0.739. The average molecular weight is 399 g/mol. The lowest BCUT2D eigenvalue weighted by atomic mass is 10.1. The van der Waals surface area contributed by atoms with Crippen molar-refractivity contribution in [1.29, 1.82) is 0 Å². The maximum Gasteiger partial charge on any atom is 0.388 e. The molecule has 2 rings (SSSR count). The molecule has 0 saturated carbocycles. The van der Waals surface area contributed by atoms with Crippen molar-refractivity contribution in [1.82, 2.24) is 9.78 Å². The monoisotopic (exact) mass is 398 g/mol. The Labute approximate surface area is 148 Å². The van der Waals surface area contributed by atoms with Gasteiger partial charge < -0.3 is 4.74 Å². The molecule has 24 heavy (non-hydrogen) atoms. The van der Waals surface area contributed by atoms with Crippen LogP contribution in [0.4, 0.5) is 8.78 Å². The maximum atomic E-state index is 12.4. The van der Waals surface area contributed by atoms with Gasteiger partial charge in [-0.1, -0.05) is 36.2 Å². The molecular weight excluding hydrogens is 385 g/mol. The van der Waals surface area contributed by atoms with Crippen LogP contribution in [0.2, 0.25) is 10.0 Å². The van der Waals surface area contributed by atoms with E-state index in [0.717, 1.165) is 4.68 Å². The Morgan fingerprint density at radius 3 is 2.58 bits per heavy atom. The molecule has 0 atom stereocenters. The van der Waals surface area contributed by atoms with Gasteiger partial charge in [-0.25, -0.2) is 13.1 Å². The van der Waals surface area contributed by atoms with Crippen molar-refractivity contribution in [3.8, 4) is 17.1 Å². The molecule has 0 aliphatic carbocycles. The van der Waals surface area contributed by atoms with E-state index < -0.39 is 16.4 Å². The van der Waals surface area contributed by atoms with Crippen LogP contribution in [0.25, 0.3) is 11.3 Å². The van der Waals surface area contributed by atoms with Crippen molar-refractivity contribution in [2.75, 3.05) is 5.75 Å². The van der Waals surface area contributed by atoms with Crippen LogP contribution >= 0.6 is 23.2 Å². The summed E-state index contributed by atoms with van der Waals surface area (Å²) in [6.07, 6.45) is 0. The summed E-state index contributed by atoms with van der Waals surface area (Å²) in [7, 11) is -1.88. The summed E-state index contributed by atoms with van der Waals surface area (Å²) in [4.78, 5) is 0. The van der Waals surface area contributed by atoms with Gasteiger partial charge in [0.05, 0.1) is 5.75 Å². The molecule has 0 N–H and O–H groups in total. The minimum absolute atomic E-state index is 0.0235. The van der Waals surface area contributed by atoms with Crippen LogP contribution in [0.5, 0.6) is 5.88 Å². The van der Waals surface area contributed by atoms with Gasteiger partial charge in [0.2, 0.25) is 5.88 Å².